The number of hydrogen-bond donors (Lipinski definition) is 1. The molecule has 4 nitrogen and oxygen atoms in total. The normalized spacial score (nSPS) is 12.9. The third-order valence-corrected chi connectivity index (χ3v) is 2.62. The molecule has 0 amide bonds. The third-order valence-electron chi connectivity index (χ3n) is 2.62. The summed E-state index contributed by atoms with van der Waals surface area (Å²) in [6.07, 6.45) is 0. The molecule has 0 spiro atoms. The van der Waals surface area contributed by atoms with E-state index in [2.05, 4.69) is 5.10 Å². The van der Waals surface area contributed by atoms with E-state index < -0.39 is 11.9 Å². The molecule has 1 heterocycles. The van der Waals surface area contributed by atoms with E-state index in [1.54, 1.807) is 20.0 Å². The third kappa shape index (κ3) is 1.54. The monoisotopic (exact) mass is 222 g/mol. The van der Waals surface area contributed by atoms with Crippen molar-refractivity contribution < 1.29 is 14.3 Å². The fraction of sp³-hybridized carbons (Fsp3) is 0.273. The highest BCUT2D eigenvalue weighted by Gasteiger charge is 2.20. The van der Waals surface area contributed by atoms with Crippen molar-refractivity contribution in [1.29, 1.82) is 0 Å². The number of carboxylic acids is 1. The molecule has 0 fully saturated rings. The molecule has 1 aromatic heterocycles. The molecule has 5 heteroatoms. The molecule has 0 radical (unpaired) electrons. The zero-order valence-corrected chi connectivity index (χ0v) is 8.94. The molecule has 0 bridgehead atoms. The van der Waals surface area contributed by atoms with Gasteiger partial charge in [-0.15, -0.1) is 0 Å². The fourth-order valence-electron chi connectivity index (χ4n) is 1.70. The second-order valence-electron chi connectivity index (χ2n) is 3.73. The summed E-state index contributed by atoms with van der Waals surface area (Å²) in [7, 11) is 1.67. The van der Waals surface area contributed by atoms with Crippen LogP contribution in [0.3, 0.4) is 0 Å². The number of aromatic nitrogens is 2. The molecule has 1 unspecified atom stereocenters. The standard InChI is InChI=1S/C11H11FN2O2/c1-6(11(15)16)10-8-4-3-7(12)5-9(8)14(2)13-10/h3-6H,1-2H3,(H,15,16). The van der Waals surface area contributed by atoms with Crippen molar-refractivity contribution in [3.8, 4) is 0 Å². The van der Waals surface area contributed by atoms with Crippen molar-refractivity contribution in [2.45, 2.75) is 12.8 Å². The number of nitrogens with zero attached hydrogens (tertiary/aromatic N) is 2. The van der Waals surface area contributed by atoms with Gasteiger partial charge < -0.3 is 5.11 Å². The molecule has 0 aliphatic rings. The summed E-state index contributed by atoms with van der Waals surface area (Å²) in [4.78, 5) is 10.9. The Labute approximate surface area is 91.3 Å². The van der Waals surface area contributed by atoms with Crippen LogP contribution in [0.2, 0.25) is 0 Å². The SMILES string of the molecule is CC(C(=O)O)c1nn(C)c2cc(F)ccc12. The first-order valence-electron chi connectivity index (χ1n) is 4.85. The van der Waals surface area contributed by atoms with Gasteiger partial charge in [-0.3, -0.25) is 9.48 Å². The fourth-order valence-corrected chi connectivity index (χ4v) is 1.70. The Bertz CT molecular complexity index is 562. The average Bonchev–Trinajstić information content (AvgIpc) is 2.55. The number of rotatable bonds is 2. The summed E-state index contributed by atoms with van der Waals surface area (Å²) >= 11 is 0. The largest absolute Gasteiger partial charge is 0.481 e. The number of carboxylic acid groups (broad SMARTS) is 1. The Hall–Kier alpha value is -1.91. The number of fused-ring (bicyclic) bond motifs is 1. The molecule has 0 aliphatic carbocycles. The van der Waals surface area contributed by atoms with Gasteiger partial charge in [0.2, 0.25) is 0 Å². The minimum absolute atomic E-state index is 0.356. The molecule has 1 atom stereocenters. The maximum Gasteiger partial charge on any atom is 0.312 e. The lowest BCUT2D eigenvalue weighted by Gasteiger charge is -2.01. The van der Waals surface area contributed by atoms with Gasteiger partial charge in [-0.2, -0.15) is 5.10 Å². The van der Waals surface area contributed by atoms with Gasteiger partial charge in [0.25, 0.3) is 0 Å². The minimum Gasteiger partial charge on any atom is -0.481 e. The zero-order valence-electron chi connectivity index (χ0n) is 8.94. The Balaban J connectivity index is 2.68. The number of aryl methyl sites for hydroxylation is 1. The van der Waals surface area contributed by atoms with E-state index in [9.17, 15) is 9.18 Å². The van der Waals surface area contributed by atoms with Gasteiger partial charge >= 0.3 is 5.97 Å². The van der Waals surface area contributed by atoms with Crippen molar-refractivity contribution in [2.75, 3.05) is 0 Å². The second kappa shape index (κ2) is 3.59. The Kier molecular flexibility index (Phi) is 2.38. The van der Waals surface area contributed by atoms with Crippen LogP contribution in [-0.2, 0) is 11.8 Å². The number of halogens is 1. The van der Waals surface area contributed by atoms with Gasteiger partial charge in [0.1, 0.15) is 5.82 Å². The molecular formula is C11H11FN2O2. The van der Waals surface area contributed by atoms with E-state index in [0.717, 1.165) is 0 Å². The zero-order chi connectivity index (χ0) is 11.9. The van der Waals surface area contributed by atoms with Crippen LogP contribution in [0.25, 0.3) is 10.9 Å². The van der Waals surface area contributed by atoms with Crippen LogP contribution in [-0.4, -0.2) is 20.9 Å². The van der Waals surface area contributed by atoms with E-state index in [1.807, 2.05) is 0 Å². The van der Waals surface area contributed by atoms with E-state index in [-0.39, 0.29) is 5.82 Å². The molecule has 2 aromatic rings. The van der Waals surface area contributed by atoms with Gasteiger partial charge in [0.05, 0.1) is 17.1 Å². The summed E-state index contributed by atoms with van der Waals surface area (Å²) in [6.45, 7) is 1.56. The molecule has 0 saturated carbocycles. The molecule has 84 valence electrons. The summed E-state index contributed by atoms with van der Waals surface area (Å²) < 4.78 is 14.5. The van der Waals surface area contributed by atoms with Crippen LogP contribution in [0.4, 0.5) is 4.39 Å². The van der Waals surface area contributed by atoms with E-state index in [4.69, 9.17) is 5.11 Å². The first-order valence-corrected chi connectivity index (χ1v) is 4.85. The maximum atomic E-state index is 13.0. The Morgan fingerprint density at radius 1 is 1.56 bits per heavy atom. The summed E-state index contributed by atoms with van der Waals surface area (Å²) in [6, 6.07) is 4.22. The molecule has 2 rings (SSSR count). The lowest BCUT2D eigenvalue weighted by atomic mass is 10.0. The highest BCUT2D eigenvalue weighted by atomic mass is 19.1. The summed E-state index contributed by atoms with van der Waals surface area (Å²) in [5.74, 6) is -2.00. The van der Waals surface area contributed by atoms with Crippen LogP contribution in [0.5, 0.6) is 0 Å². The highest BCUT2D eigenvalue weighted by Crippen LogP contribution is 2.25. The maximum absolute atomic E-state index is 13.0. The minimum atomic E-state index is -0.940. The van der Waals surface area contributed by atoms with E-state index >= 15 is 0 Å². The number of aliphatic carboxylic acids is 1. The summed E-state index contributed by atoms with van der Waals surface area (Å²) in [5, 5.41) is 13.7. The first-order chi connectivity index (χ1) is 7.50. The second-order valence-corrected chi connectivity index (χ2v) is 3.73. The van der Waals surface area contributed by atoms with Crippen molar-refractivity contribution in [2.24, 2.45) is 7.05 Å². The van der Waals surface area contributed by atoms with Crippen LogP contribution in [0.1, 0.15) is 18.5 Å². The molecule has 1 aromatic carbocycles. The van der Waals surface area contributed by atoms with Gasteiger partial charge in [-0.1, -0.05) is 0 Å². The van der Waals surface area contributed by atoms with Crippen molar-refractivity contribution in [3.63, 3.8) is 0 Å². The van der Waals surface area contributed by atoms with Crippen LogP contribution < -0.4 is 0 Å². The van der Waals surface area contributed by atoms with Crippen molar-refractivity contribution in [1.82, 2.24) is 9.78 Å². The smallest absolute Gasteiger partial charge is 0.312 e. The Morgan fingerprint density at radius 2 is 2.25 bits per heavy atom. The number of carbonyl (C=O) groups is 1. The first kappa shape index (κ1) is 10.6. The van der Waals surface area contributed by atoms with Gasteiger partial charge in [0.15, 0.2) is 0 Å². The number of benzene rings is 1. The molecule has 16 heavy (non-hydrogen) atoms. The van der Waals surface area contributed by atoms with Crippen molar-refractivity contribution in [3.05, 3.63) is 29.7 Å². The molecule has 0 aliphatic heterocycles. The van der Waals surface area contributed by atoms with Crippen LogP contribution >= 0.6 is 0 Å². The topological polar surface area (TPSA) is 55.1 Å². The summed E-state index contributed by atoms with van der Waals surface area (Å²) in [5.41, 5.74) is 1.06. The van der Waals surface area contributed by atoms with Crippen LogP contribution in [0, 0.1) is 5.82 Å². The van der Waals surface area contributed by atoms with Crippen molar-refractivity contribution >= 4 is 16.9 Å². The predicted molar refractivity (Wildman–Crippen MR) is 56.7 cm³/mol. The average molecular weight is 222 g/mol. The lowest BCUT2D eigenvalue weighted by molar-refractivity contribution is -0.138. The molecule has 0 saturated heterocycles. The van der Waals surface area contributed by atoms with Crippen LogP contribution in [0.15, 0.2) is 18.2 Å². The van der Waals surface area contributed by atoms with Gasteiger partial charge in [-0.05, 0) is 25.1 Å². The highest BCUT2D eigenvalue weighted by molar-refractivity contribution is 5.87. The lowest BCUT2D eigenvalue weighted by Crippen LogP contribution is -2.08. The van der Waals surface area contributed by atoms with Gasteiger partial charge in [0, 0.05) is 12.4 Å². The van der Waals surface area contributed by atoms with E-state index in [1.165, 1.54) is 16.8 Å². The van der Waals surface area contributed by atoms with Gasteiger partial charge in [-0.25, -0.2) is 4.39 Å². The predicted octanol–water partition coefficient (Wildman–Crippen LogP) is 1.90. The van der Waals surface area contributed by atoms with E-state index in [0.29, 0.717) is 16.6 Å². The quantitative estimate of drug-likeness (QED) is 0.844. The molecule has 1 N–H and O–H groups in total. The Morgan fingerprint density at radius 3 is 2.88 bits per heavy atom. The molecular weight excluding hydrogens is 211 g/mol. The number of hydrogen-bond acceptors (Lipinski definition) is 2.